The van der Waals surface area contributed by atoms with E-state index in [-0.39, 0.29) is 48.4 Å². The molecule has 0 unspecified atom stereocenters. The van der Waals surface area contributed by atoms with Crippen LogP contribution in [0.4, 0.5) is 0 Å². The Morgan fingerprint density at radius 2 is 1.85 bits per heavy atom. The van der Waals surface area contributed by atoms with Crippen molar-refractivity contribution in [3.8, 4) is 5.75 Å². The monoisotopic (exact) mass is 230 g/mol. The van der Waals surface area contributed by atoms with Crippen LogP contribution in [0.5, 0.6) is 5.75 Å². The molecule has 0 spiro atoms. The Morgan fingerprint density at radius 1 is 1.31 bits per heavy atom. The van der Waals surface area contributed by atoms with E-state index in [2.05, 4.69) is 0 Å². The van der Waals surface area contributed by atoms with Gasteiger partial charge in [0, 0.05) is 0 Å². The molecule has 0 amide bonds. The molecule has 1 aromatic rings. The zero-order chi connectivity index (χ0) is 9.19. The Balaban J connectivity index is 0.00000144. The van der Waals surface area contributed by atoms with Gasteiger partial charge in [0.25, 0.3) is 10.1 Å². The Bertz CT molecular complexity index is 374. The van der Waals surface area contributed by atoms with Crippen LogP contribution in [0.3, 0.4) is 0 Å². The van der Waals surface area contributed by atoms with Crippen molar-refractivity contribution in [3.05, 3.63) is 24.3 Å². The molecule has 0 saturated carbocycles. The quantitative estimate of drug-likeness (QED) is 0.575. The van der Waals surface area contributed by atoms with Gasteiger partial charge in [-0.05, 0) is 12.1 Å². The van der Waals surface area contributed by atoms with Crippen molar-refractivity contribution in [1.29, 1.82) is 0 Å². The number of rotatable bonds is 2. The first-order chi connectivity index (χ1) is 5.55. The number of para-hydroxylation sites is 1. The molecular weight excluding hydrogens is 220 g/mol. The summed E-state index contributed by atoms with van der Waals surface area (Å²) in [5.41, 5.74) is 0. The molecule has 0 aliphatic carbocycles. The first-order valence-corrected chi connectivity index (χ1v) is 4.60. The van der Waals surface area contributed by atoms with Gasteiger partial charge in [-0.1, -0.05) is 12.1 Å². The molecule has 0 atom stereocenters. The van der Waals surface area contributed by atoms with Crippen LogP contribution >= 0.6 is 0 Å². The molecule has 0 saturated heterocycles. The summed E-state index contributed by atoms with van der Waals surface area (Å²) in [6, 6.07) is 5.86. The maximum absolute atomic E-state index is 10.7. The summed E-state index contributed by atoms with van der Waals surface area (Å²) in [7, 11) is -2.83. The van der Waals surface area contributed by atoms with Crippen molar-refractivity contribution in [1.82, 2.24) is 0 Å². The average Bonchev–Trinajstić information content (AvgIpc) is 2.03. The summed E-state index contributed by atoms with van der Waals surface area (Å²) in [5.74, 6) is 0.139. The number of ether oxygens (including phenoxy) is 1. The van der Waals surface area contributed by atoms with Crippen molar-refractivity contribution in [2.45, 2.75) is 4.90 Å². The summed E-state index contributed by atoms with van der Waals surface area (Å²) in [6.45, 7) is 0. The van der Waals surface area contributed by atoms with E-state index in [0.717, 1.165) is 0 Å². The third kappa shape index (κ3) is 3.44. The summed E-state index contributed by atoms with van der Waals surface area (Å²) in [4.78, 5) is -0.215. The van der Waals surface area contributed by atoms with E-state index in [1.165, 1.54) is 25.3 Å². The van der Waals surface area contributed by atoms with E-state index in [1.807, 2.05) is 0 Å². The van der Waals surface area contributed by atoms with Gasteiger partial charge in [-0.3, -0.25) is 4.55 Å². The molecule has 70 valence electrons. The zero-order valence-electron chi connectivity index (χ0n) is 6.39. The van der Waals surface area contributed by atoms with Gasteiger partial charge in [0.15, 0.2) is 0 Å². The second-order valence-electron chi connectivity index (χ2n) is 2.13. The molecule has 0 aliphatic heterocycles. The predicted octanol–water partition coefficient (Wildman–Crippen LogP) is 0.0257. The predicted molar refractivity (Wildman–Crippen MR) is 51.4 cm³/mol. The minimum atomic E-state index is -4.17. The van der Waals surface area contributed by atoms with E-state index >= 15 is 0 Å². The molecule has 0 heterocycles. The van der Waals surface area contributed by atoms with Crippen LogP contribution in [-0.2, 0) is 10.1 Å². The van der Waals surface area contributed by atoms with E-state index in [4.69, 9.17) is 9.29 Å². The van der Waals surface area contributed by atoms with Gasteiger partial charge in [-0.2, -0.15) is 8.42 Å². The second-order valence-corrected chi connectivity index (χ2v) is 3.52. The number of methoxy groups -OCH3 is 1. The van der Waals surface area contributed by atoms with Gasteiger partial charge >= 0.3 is 37.7 Å². The molecule has 1 N–H and O–H groups in total. The van der Waals surface area contributed by atoms with E-state index in [1.54, 1.807) is 6.07 Å². The summed E-state index contributed by atoms with van der Waals surface area (Å²) in [6.07, 6.45) is 0. The molecule has 4 nitrogen and oxygen atoms in total. The molecule has 13 heavy (non-hydrogen) atoms. The van der Waals surface area contributed by atoms with Gasteiger partial charge in [-0.15, -0.1) is 0 Å². The van der Waals surface area contributed by atoms with Crippen molar-refractivity contribution >= 4 is 47.9 Å². The molecule has 1 rings (SSSR count). The van der Waals surface area contributed by atoms with Crippen LogP contribution in [0.1, 0.15) is 0 Å². The Kier molecular flexibility index (Phi) is 5.24. The fourth-order valence-electron chi connectivity index (χ4n) is 0.832. The molecule has 0 radical (unpaired) electrons. The maximum atomic E-state index is 10.7. The van der Waals surface area contributed by atoms with Gasteiger partial charge in [-0.25, -0.2) is 0 Å². The Hall–Kier alpha value is 0.190. The van der Waals surface area contributed by atoms with Crippen molar-refractivity contribution < 1.29 is 17.7 Å². The zero-order valence-corrected chi connectivity index (χ0v) is 7.21. The first kappa shape index (κ1) is 13.2. The first-order valence-electron chi connectivity index (χ1n) is 3.16. The van der Waals surface area contributed by atoms with Crippen molar-refractivity contribution in [3.63, 3.8) is 0 Å². The summed E-state index contributed by atoms with van der Waals surface area (Å²) >= 11 is 0. The van der Waals surface area contributed by atoms with Crippen LogP contribution in [-0.4, -0.2) is 57.8 Å². The number of benzene rings is 1. The van der Waals surface area contributed by atoms with Crippen LogP contribution in [0.25, 0.3) is 0 Å². The molecule has 0 aromatic heterocycles. The third-order valence-electron chi connectivity index (χ3n) is 1.35. The van der Waals surface area contributed by atoms with E-state index in [9.17, 15) is 8.42 Å². The Labute approximate surface area is 107 Å². The second kappa shape index (κ2) is 5.17. The Morgan fingerprint density at radius 3 is 2.23 bits per heavy atom. The van der Waals surface area contributed by atoms with Crippen molar-refractivity contribution in [2.24, 2.45) is 0 Å². The normalized spacial score (nSPS) is 10.3. The third-order valence-corrected chi connectivity index (χ3v) is 2.24. The standard InChI is InChI=1S/C7H8O4S.Ca.2H/c1-11-6-4-2-3-5-7(6)12(8,9)10;;;/h2-5H,1H3,(H,8,9,10);;;. The molecule has 1 aromatic carbocycles. The molecule has 0 bridgehead atoms. The topological polar surface area (TPSA) is 63.6 Å². The van der Waals surface area contributed by atoms with Gasteiger partial charge in [0.2, 0.25) is 0 Å². The fraction of sp³-hybridized carbons (Fsp3) is 0.143. The van der Waals surface area contributed by atoms with Gasteiger partial charge in [0.05, 0.1) is 7.11 Å². The SMILES string of the molecule is COc1ccccc1S(=O)(=O)O.[CaH2]. The molecule has 6 heteroatoms. The van der Waals surface area contributed by atoms with Crippen LogP contribution in [0.2, 0.25) is 0 Å². The van der Waals surface area contributed by atoms with Crippen LogP contribution in [0, 0.1) is 0 Å². The van der Waals surface area contributed by atoms with Crippen LogP contribution < -0.4 is 4.74 Å². The van der Waals surface area contributed by atoms with Crippen LogP contribution in [0.15, 0.2) is 29.2 Å². The summed E-state index contributed by atoms with van der Waals surface area (Å²) in [5, 5.41) is 0. The van der Waals surface area contributed by atoms with Gasteiger partial charge < -0.3 is 4.74 Å². The van der Waals surface area contributed by atoms with E-state index < -0.39 is 10.1 Å². The summed E-state index contributed by atoms with van der Waals surface area (Å²) < 4.78 is 34.8. The number of hydrogen-bond acceptors (Lipinski definition) is 3. The molecular formula is C7H10CaO4S. The van der Waals surface area contributed by atoms with Gasteiger partial charge in [0.1, 0.15) is 10.6 Å². The molecule has 0 fully saturated rings. The van der Waals surface area contributed by atoms with E-state index in [0.29, 0.717) is 0 Å². The van der Waals surface area contributed by atoms with Crippen molar-refractivity contribution in [2.75, 3.05) is 7.11 Å². The fourth-order valence-corrected chi connectivity index (χ4v) is 1.49. The average molecular weight is 230 g/mol. The number of hydrogen-bond donors (Lipinski definition) is 1. The molecule has 0 aliphatic rings. The minimum absolute atomic E-state index is 0.